The van der Waals surface area contributed by atoms with Crippen LogP contribution in [0.2, 0.25) is 0 Å². The zero-order valence-electron chi connectivity index (χ0n) is 5.22. The molecule has 3 nitrogen and oxygen atoms in total. The van der Waals surface area contributed by atoms with E-state index in [1.807, 2.05) is 0 Å². The van der Waals surface area contributed by atoms with E-state index >= 15 is 0 Å². The highest BCUT2D eigenvalue weighted by atomic mass is 15.4. The van der Waals surface area contributed by atoms with Crippen LogP contribution in [0.15, 0.2) is 0 Å². The molecular weight excluding hydrogens is 114 g/mol. The van der Waals surface area contributed by atoms with Gasteiger partial charge in [0.1, 0.15) is 0 Å². The van der Waals surface area contributed by atoms with Crippen molar-refractivity contribution in [1.29, 1.82) is 0 Å². The van der Waals surface area contributed by atoms with Crippen molar-refractivity contribution in [3.63, 3.8) is 0 Å². The highest BCUT2D eigenvalue weighted by Crippen LogP contribution is 2.41. The zero-order valence-corrected chi connectivity index (χ0v) is 5.22. The fourth-order valence-electron chi connectivity index (χ4n) is 2.37. The average molecular weight is 125 g/mol. The summed E-state index contributed by atoms with van der Waals surface area (Å²) in [5.74, 6) is 1.84. The fourth-order valence-corrected chi connectivity index (χ4v) is 2.37. The van der Waals surface area contributed by atoms with Gasteiger partial charge in [0.15, 0.2) is 0 Å². The lowest BCUT2D eigenvalue weighted by molar-refractivity contribution is 0.0129. The molecule has 2 aliphatic heterocycles. The summed E-state index contributed by atoms with van der Waals surface area (Å²) in [4.78, 5) is 0. The molecule has 3 aliphatic rings. The topological polar surface area (TPSA) is 36.1 Å². The largest absolute Gasteiger partial charge is 0.313 e. The van der Waals surface area contributed by atoms with Crippen molar-refractivity contribution in [1.82, 2.24) is 16.2 Å². The Hall–Kier alpha value is -0.120. The van der Waals surface area contributed by atoms with Gasteiger partial charge in [0, 0.05) is 37.0 Å². The first-order valence-electron chi connectivity index (χ1n) is 3.68. The number of piperidine rings is 1. The van der Waals surface area contributed by atoms with Gasteiger partial charge in [0.2, 0.25) is 0 Å². The summed E-state index contributed by atoms with van der Waals surface area (Å²) < 4.78 is 0. The van der Waals surface area contributed by atoms with Gasteiger partial charge in [-0.1, -0.05) is 0 Å². The molecule has 3 rings (SSSR count). The van der Waals surface area contributed by atoms with Crippen LogP contribution in [0.5, 0.6) is 0 Å². The Labute approximate surface area is 54.2 Å². The van der Waals surface area contributed by atoms with Crippen LogP contribution in [-0.2, 0) is 0 Å². The van der Waals surface area contributed by atoms with Gasteiger partial charge in [-0.15, -0.1) is 0 Å². The summed E-state index contributed by atoms with van der Waals surface area (Å²) >= 11 is 0. The van der Waals surface area contributed by atoms with Gasteiger partial charge in [-0.3, -0.25) is 10.9 Å². The Morgan fingerprint density at radius 3 is 2.56 bits per heavy atom. The van der Waals surface area contributed by atoms with Crippen molar-refractivity contribution in [3.8, 4) is 0 Å². The monoisotopic (exact) mass is 125 g/mol. The van der Waals surface area contributed by atoms with Crippen LogP contribution in [0.1, 0.15) is 0 Å². The zero-order chi connectivity index (χ0) is 5.84. The van der Waals surface area contributed by atoms with Gasteiger partial charge in [0.25, 0.3) is 0 Å². The third-order valence-electron chi connectivity index (χ3n) is 3.04. The molecule has 0 aromatic heterocycles. The van der Waals surface area contributed by atoms with Crippen molar-refractivity contribution in [2.24, 2.45) is 11.8 Å². The molecule has 0 spiro atoms. The Morgan fingerprint density at radius 1 is 1.00 bits per heavy atom. The summed E-state index contributed by atoms with van der Waals surface area (Å²) in [6.45, 7) is 2.40. The van der Waals surface area contributed by atoms with E-state index in [-0.39, 0.29) is 0 Å². The maximum absolute atomic E-state index is 3.44. The van der Waals surface area contributed by atoms with E-state index in [0.717, 1.165) is 23.9 Å². The second kappa shape index (κ2) is 1.31. The molecule has 1 aliphatic carbocycles. The first-order valence-corrected chi connectivity index (χ1v) is 3.68. The quantitative estimate of drug-likeness (QED) is 0.376. The van der Waals surface area contributed by atoms with Crippen LogP contribution in [0.4, 0.5) is 0 Å². The van der Waals surface area contributed by atoms with E-state index in [1.54, 1.807) is 0 Å². The summed E-state index contributed by atoms with van der Waals surface area (Å²) in [6.07, 6.45) is 0. The highest BCUT2D eigenvalue weighted by molar-refractivity contribution is 5.15. The molecule has 0 unspecified atom stereocenters. The summed E-state index contributed by atoms with van der Waals surface area (Å²) in [7, 11) is 0. The second-order valence-corrected chi connectivity index (χ2v) is 3.31. The van der Waals surface area contributed by atoms with Gasteiger partial charge >= 0.3 is 0 Å². The SMILES string of the molecule is C1N[C@H]2[C@@H]1[C@@H]1NNC[C@@H]21. The van der Waals surface area contributed by atoms with E-state index in [2.05, 4.69) is 16.2 Å². The Balaban J connectivity index is 1.85. The molecule has 0 radical (unpaired) electrons. The lowest BCUT2D eigenvalue weighted by Gasteiger charge is -2.56. The Bertz CT molecular complexity index is 131. The maximum Gasteiger partial charge on any atom is 0.0324 e. The molecule has 1 saturated carbocycles. The van der Waals surface area contributed by atoms with Gasteiger partial charge in [-0.25, -0.2) is 0 Å². The molecule has 2 saturated heterocycles. The molecule has 50 valence electrons. The van der Waals surface area contributed by atoms with Gasteiger partial charge in [0.05, 0.1) is 0 Å². The average Bonchev–Trinajstić information content (AvgIpc) is 2.13. The van der Waals surface area contributed by atoms with Crippen LogP contribution in [0.25, 0.3) is 0 Å². The maximum atomic E-state index is 3.44. The molecule has 0 amide bonds. The molecule has 3 N–H and O–H groups in total. The summed E-state index contributed by atoms with van der Waals surface area (Å²) in [5.41, 5.74) is 6.49. The number of rotatable bonds is 0. The molecule has 3 heteroatoms. The van der Waals surface area contributed by atoms with E-state index < -0.39 is 0 Å². The normalized spacial score (nSPS) is 61.3. The summed E-state index contributed by atoms with van der Waals surface area (Å²) in [5, 5.41) is 3.44. The van der Waals surface area contributed by atoms with Gasteiger partial charge < -0.3 is 5.32 Å². The van der Waals surface area contributed by atoms with Crippen molar-refractivity contribution in [2.75, 3.05) is 13.1 Å². The number of hydrogen-bond donors (Lipinski definition) is 3. The van der Waals surface area contributed by atoms with Crippen LogP contribution >= 0.6 is 0 Å². The Morgan fingerprint density at radius 2 is 1.89 bits per heavy atom. The molecule has 2 heterocycles. The number of hydrogen-bond acceptors (Lipinski definition) is 3. The first-order chi connectivity index (χ1) is 4.47. The van der Waals surface area contributed by atoms with E-state index in [1.165, 1.54) is 13.1 Å². The predicted molar refractivity (Wildman–Crippen MR) is 33.7 cm³/mol. The van der Waals surface area contributed by atoms with E-state index in [0.29, 0.717) is 0 Å². The molecule has 9 heavy (non-hydrogen) atoms. The smallest absolute Gasteiger partial charge is 0.0324 e. The molecule has 4 atom stereocenters. The number of nitrogens with one attached hydrogen (secondary N) is 3. The van der Waals surface area contributed by atoms with Crippen molar-refractivity contribution < 1.29 is 0 Å². The third-order valence-corrected chi connectivity index (χ3v) is 3.04. The van der Waals surface area contributed by atoms with Crippen LogP contribution in [-0.4, -0.2) is 25.2 Å². The minimum atomic E-state index is 0.802. The summed E-state index contributed by atoms with van der Waals surface area (Å²) in [6, 6.07) is 1.66. The van der Waals surface area contributed by atoms with Gasteiger partial charge in [-0.05, 0) is 0 Å². The highest BCUT2D eigenvalue weighted by Gasteiger charge is 2.57. The predicted octanol–water partition coefficient (Wildman–Crippen LogP) is -1.32. The fraction of sp³-hybridized carbons (Fsp3) is 1.00. The molecule has 0 aromatic rings. The van der Waals surface area contributed by atoms with Crippen molar-refractivity contribution in [3.05, 3.63) is 0 Å². The molecular formula is C6H11N3. The second-order valence-electron chi connectivity index (χ2n) is 3.31. The first kappa shape index (κ1) is 4.66. The third kappa shape index (κ3) is 0.377. The van der Waals surface area contributed by atoms with Crippen molar-refractivity contribution >= 4 is 0 Å². The van der Waals surface area contributed by atoms with Crippen LogP contribution < -0.4 is 16.2 Å². The van der Waals surface area contributed by atoms with Crippen LogP contribution in [0, 0.1) is 11.8 Å². The minimum absolute atomic E-state index is 0.802. The Kier molecular flexibility index (Phi) is 0.678. The van der Waals surface area contributed by atoms with Crippen molar-refractivity contribution in [2.45, 2.75) is 12.1 Å². The van der Waals surface area contributed by atoms with Gasteiger partial charge in [-0.2, -0.15) is 0 Å². The van der Waals surface area contributed by atoms with E-state index in [9.17, 15) is 0 Å². The lowest BCUT2D eigenvalue weighted by atomic mass is 9.61. The van der Waals surface area contributed by atoms with E-state index in [4.69, 9.17) is 0 Å². The number of hydrazine groups is 1. The molecule has 3 fully saturated rings. The molecule has 0 aromatic carbocycles. The standard InChI is InChI=1S/C6H11N3/c1-3-5(7-1)4-2-8-9-6(3)4/h3-9H,1-2H2/t3-,4+,5+,6+/m1/s1. The van der Waals surface area contributed by atoms with Crippen LogP contribution in [0.3, 0.4) is 0 Å². The minimum Gasteiger partial charge on any atom is -0.313 e. The number of fused-ring (bicyclic) bond motifs is 4. The molecule has 0 bridgehead atoms. The lowest BCUT2D eigenvalue weighted by Crippen LogP contribution is -2.74.